The minimum Gasteiger partial charge on any atom is -0.465 e. The van der Waals surface area contributed by atoms with E-state index in [0.29, 0.717) is 17.3 Å². The topological polar surface area (TPSA) is 64.3 Å². The minimum atomic E-state index is -0.341. The first kappa shape index (κ1) is 11.8. The highest BCUT2D eigenvalue weighted by atomic mass is 16.5. The average Bonchev–Trinajstić information content (AvgIpc) is 3.14. The van der Waals surface area contributed by atoms with Crippen molar-refractivity contribution in [3.8, 4) is 0 Å². The van der Waals surface area contributed by atoms with Crippen LogP contribution in [0.25, 0.3) is 0 Å². The lowest BCUT2D eigenvalue weighted by Crippen LogP contribution is -2.18. The number of benzene rings is 1. The van der Waals surface area contributed by atoms with E-state index in [9.17, 15) is 4.79 Å². The number of methoxy groups -OCH3 is 1. The number of hydrogen-bond acceptors (Lipinski definition) is 4. The Bertz CT molecular complexity index is 427. The monoisotopic (exact) mass is 234 g/mol. The van der Waals surface area contributed by atoms with Crippen molar-refractivity contribution >= 4 is 17.3 Å². The van der Waals surface area contributed by atoms with E-state index in [1.54, 1.807) is 18.2 Å². The molecule has 0 bridgehead atoms. The van der Waals surface area contributed by atoms with Crippen molar-refractivity contribution < 1.29 is 9.53 Å². The third-order valence-corrected chi connectivity index (χ3v) is 3.19. The molecule has 1 aliphatic rings. The highest BCUT2D eigenvalue weighted by Gasteiger charge is 2.28. The number of nitrogens with two attached hydrogens (primary N) is 1. The van der Waals surface area contributed by atoms with Crippen LogP contribution in [0, 0.1) is 5.92 Å². The first-order valence-electron chi connectivity index (χ1n) is 5.86. The molecular formula is C13H18N2O2. The molecule has 1 aromatic carbocycles. The molecule has 4 heteroatoms. The van der Waals surface area contributed by atoms with Crippen LogP contribution in [0.5, 0.6) is 0 Å². The highest BCUT2D eigenvalue weighted by molar-refractivity contribution is 5.91. The zero-order valence-electron chi connectivity index (χ0n) is 10.2. The first-order valence-corrected chi connectivity index (χ1v) is 5.86. The molecule has 2 rings (SSSR count). The molecule has 92 valence electrons. The second-order valence-electron chi connectivity index (χ2n) is 4.56. The van der Waals surface area contributed by atoms with Gasteiger partial charge in [-0.05, 0) is 43.9 Å². The summed E-state index contributed by atoms with van der Waals surface area (Å²) in [4.78, 5) is 11.4. The maximum absolute atomic E-state index is 11.4. The van der Waals surface area contributed by atoms with Crippen LogP contribution in [0.3, 0.4) is 0 Å². The Morgan fingerprint density at radius 1 is 1.53 bits per heavy atom. The van der Waals surface area contributed by atoms with Crippen LogP contribution in [0.4, 0.5) is 11.4 Å². The lowest BCUT2D eigenvalue weighted by molar-refractivity contribution is 0.0601. The van der Waals surface area contributed by atoms with Crippen LogP contribution in [-0.4, -0.2) is 19.1 Å². The maximum atomic E-state index is 11.4. The van der Waals surface area contributed by atoms with Crippen molar-refractivity contribution in [2.24, 2.45) is 5.92 Å². The van der Waals surface area contributed by atoms with Gasteiger partial charge in [-0.3, -0.25) is 0 Å². The Morgan fingerprint density at radius 2 is 2.24 bits per heavy atom. The van der Waals surface area contributed by atoms with Crippen molar-refractivity contribution in [2.45, 2.75) is 25.8 Å². The summed E-state index contributed by atoms with van der Waals surface area (Å²) < 4.78 is 4.69. The molecule has 1 aromatic rings. The summed E-state index contributed by atoms with van der Waals surface area (Å²) in [5, 5.41) is 3.36. The first-order chi connectivity index (χ1) is 8.11. The molecule has 1 saturated carbocycles. The Hall–Kier alpha value is -1.71. The maximum Gasteiger partial charge on any atom is 0.337 e. The van der Waals surface area contributed by atoms with Crippen LogP contribution in [0.15, 0.2) is 18.2 Å². The van der Waals surface area contributed by atoms with Crippen LogP contribution < -0.4 is 11.1 Å². The molecular weight excluding hydrogens is 216 g/mol. The molecule has 0 saturated heterocycles. The molecule has 0 unspecified atom stereocenters. The lowest BCUT2D eigenvalue weighted by Gasteiger charge is -2.16. The molecule has 0 amide bonds. The second-order valence-corrected chi connectivity index (χ2v) is 4.56. The Balaban J connectivity index is 2.16. The number of carbonyl (C=O) groups excluding carboxylic acids is 1. The van der Waals surface area contributed by atoms with Gasteiger partial charge < -0.3 is 15.8 Å². The minimum absolute atomic E-state index is 0.341. The van der Waals surface area contributed by atoms with E-state index in [-0.39, 0.29) is 5.97 Å². The van der Waals surface area contributed by atoms with Gasteiger partial charge in [0.05, 0.1) is 24.0 Å². The number of nitrogens with one attached hydrogen (secondary N) is 1. The zero-order chi connectivity index (χ0) is 12.4. The van der Waals surface area contributed by atoms with Crippen LogP contribution >= 0.6 is 0 Å². The van der Waals surface area contributed by atoms with E-state index in [1.165, 1.54) is 20.0 Å². The predicted molar refractivity (Wildman–Crippen MR) is 68.0 cm³/mol. The fourth-order valence-corrected chi connectivity index (χ4v) is 1.89. The van der Waals surface area contributed by atoms with Gasteiger partial charge in [-0.2, -0.15) is 0 Å². The highest BCUT2D eigenvalue weighted by Crippen LogP contribution is 2.35. The number of rotatable bonds is 4. The average molecular weight is 234 g/mol. The number of anilines is 2. The van der Waals surface area contributed by atoms with Crippen molar-refractivity contribution in [2.75, 3.05) is 18.2 Å². The van der Waals surface area contributed by atoms with Gasteiger partial charge >= 0.3 is 5.97 Å². The molecule has 0 aromatic heterocycles. The largest absolute Gasteiger partial charge is 0.465 e. The van der Waals surface area contributed by atoms with Crippen LogP contribution in [-0.2, 0) is 4.74 Å². The fourth-order valence-electron chi connectivity index (χ4n) is 1.89. The van der Waals surface area contributed by atoms with Gasteiger partial charge in [-0.1, -0.05) is 0 Å². The summed E-state index contributed by atoms with van der Waals surface area (Å²) in [6, 6.07) is 5.55. The van der Waals surface area contributed by atoms with Gasteiger partial charge in [0.1, 0.15) is 0 Å². The molecule has 1 atom stereocenters. The van der Waals surface area contributed by atoms with E-state index >= 15 is 0 Å². The summed E-state index contributed by atoms with van der Waals surface area (Å²) in [7, 11) is 1.37. The third-order valence-electron chi connectivity index (χ3n) is 3.19. The number of carbonyl (C=O) groups is 1. The van der Waals surface area contributed by atoms with E-state index in [0.717, 1.165) is 11.6 Å². The molecule has 0 radical (unpaired) electrons. The van der Waals surface area contributed by atoms with Gasteiger partial charge in [0.2, 0.25) is 0 Å². The summed E-state index contributed by atoms with van der Waals surface area (Å²) >= 11 is 0. The van der Waals surface area contributed by atoms with Crippen LogP contribution in [0.2, 0.25) is 0 Å². The number of ether oxygens (including phenoxy) is 1. The van der Waals surface area contributed by atoms with Gasteiger partial charge in [-0.25, -0.2) is 4.79 Å². The third kappa shape index (κ3) is 2.70. The van der Waals surface area contributed by atoms with Crippen molar-refractivity contribution in [3.05, 3.63) is 23.8 Å². The summed E-state index contributed by atoms with van der Waals surface area (Å²) in [6.07, 6.45) is 2.54. The van der Waals surface area contributed by atoms with Crippen molar-refractivity contribution in [1.82, 2.24) is 0 Å². The molecule has 1 aliphatic carbocycles. The van der Waals surface area contributed by atoms with E-state index < -0.39 is 0 Å². The molecule has 0 spiro atoms. The number of esters is 1. The molecule has 0 aliphatic heterocycles. The lowest BCUT2D eigenvalue weighted by atomic mass is 10.1. The quantitative estimate of drug-likeness (QED) is 0.619. The smallest absolute Gasteiger partial charge is 0.337 e. The summed E-state index contributed by atoms with van der Waals surface area (Å²) in [5.41, 5.74) is 7.88. The van der Waals surface area contributed by atoms with E-state index in [2.05, 4.69) is 17.0 Å². The van der Waals surface area contributed by atoms with Gasteiger partial charge in [0.25, 0.3) is 0 Å². The van der Waals surface area contributed by atoms with E-state index in [4.69, 9.17) is 5.73 Å². The van der Waals surface area contributed by atoms with Crippen molar-refractivity contribution in [1.29, 1.82) is 0 Å². The second kappa shape index (κ2) is 4.65. The summed E-state index contributed by atoms with van der Waals surface area (Å²) in [6.45, 7) is 2.14. The normalized spacial score (nSPS) is 16.4. The Kier molecular flexibility index (Phi) is 3.22. The Labute approximate surface area is 101 Å². The number of nitrogen functional groups attached to an aromatic ring is 1. The molecule has 3 N–H and O–H groups in total. The van der Waals surface area contributed by atoms with Gasteiger partial charge in [-0.15, -0.1) is 0 Å². The van der Waals surface area contributed by atoms with E-state index in [1.807, 2.05) is 0 Å². The Morgan fingerprint density at radius 3 is 2.82 bits per heavy atom. The molecule has 17 heavy (non-hydrogen) atoms. The summed E-state index contributed by atoms with van der Waals surface area (Å²) in [5.74, 6) is 0.392. The predicted octanol–water partition coefficient (Wildman–Crippen LogP) is 2.27. The SMILES string of the molecule is COC(=O)c1ccc(N)c(N[C@@H](C)C2CC2)c1. The van der Waals surface area contributed by atoms with Crippen LogP contribution in [0.1, 0.15) is 30.1 Å². The molecule has 1 fully saturated rings. The zero-order valence-corrected chi connectivity index (χ0v) is 10.2. The van der Waals surface area contributed by atoms with Gasteiger partial charge in [0.15, 0.2) is 0 Å². The molecule has 0 heterocycles. The van der Waals surface area contributed by atoms with Crippen molar-refractivity contribution in [3.63, 3.8) is 0 Å². The molecule has 4 nitrogen and oxygen atoms in total. The fraction of sp³-hybridized carbons (Fsp3) is 0.462. The van der Waals surface area contributed by atoms with Gasteiger partial charge in [0, 0.05) is 6.04 Å². The standard InChI is InChI=1S/C13H18N2O2/c1-8(9-3-4-9)15-12-7-10(13(16)17-2)5-6-11(12)14/h5-9,15H,3-4,14H2,1-2H3/t8-/m0/s1. The number of hydrogen-bond donors (Lipinski definition) is 2.